The van der Waals surface area contributed by atoms with Crippen molar-refractivity contribution >= 4 is 17.5 Å². The van der Waals surface area contributed by atoms with E-state index in [0.717, 1.165) is 53.0 Å². The van der Waals surface area contributed by atoms with Gasteiger partial charge in [-0.25, -0.2) is 4.39 Å². The third-order valence-corrected chi connectivity index (χ3v) is 7.91. The van der Waals surface area contributed by atoms with Crippen molar-refractivity contribution in [3.63, 3.8) is 0 Å². The Labute approximate surface area is 218 Å². The van der Waals surface area contributed by atoms with E-state index < -0.39 is 11.9 Å². The van der Waals surface area contributed by atoms with Crippen molar-refractivity contribution in [3.05, 3.63) is 82.8 Å². The minimum Gasteiger partial charge on any atom is -0.338 e. The summed E-state index contributed by atoms with van der Waals surface area (Å²) in [6, 6.07) is 9.05. The average molecular weight is 514 g/mol. The molecule has 0 saturated heterocycles. The molecule has 2 atom stereocenters. The first-order valence-electron chi connectivity index (χ1n) is 12.6. The standard InChI is InChI=1S/C28H28FN7O2/c1-15-23(16(2)35-34-15)21-7-6-19(14-30-21)32-27(38)25(33-26(37)22-8-11-31-36(22)3)24-20-12-18(29)5-4-17(20)13-28(24)9-10-28/h4-8,11-12,14,24-25H,9-10,13H2,1-3H3,(H,32,38)(H,33,37)(H,34,35)/t24?,25-/m0/s1. The van der Waals surface area contributed by atoms with Crippen LogP contribution in [0.4, 0.5) is 10.1 Å². The molecule has 0 radical (unpaired) electrons. The van der Waals surface area contributed by atoms with E-state index in [1.165, 1.54) is 23.0 Å². The average Bonchev–Trinajstić information content (AvgIpc) is 3.21. The SMILES string of the molecule is Cc1n[nH]c(C)c1-c1ccc(NC(=O)[C@@H](NC(=O)c2ccnn2C)C2c3cc(F)ccc3CC23CC3)cn1. The minimum absolute atomic E-state index is 0.170. The molecule has 1 fully saturated rings. The van der Waals surface area contributed by atoms with Gasteiger partial charge in [0, 0.05) is 30.4 Å². The normalized spacial score (nSPS) is 17.7. The van der Waals surface area contributed by atoms with Crippen LogP contribution in [0.15, 0.2) is 48.8 Å². The first-order chi connectivity index (χ1) is 18.3. The van der Waals surface area contributed by atoms with Crippen LogP contribution in [0.25, 0.3) is 11.3 Å². The Morgan fingerprint density at radius 1 is 1.18 bits per heavy atom. The molecule has 38 heavy (non-hydrogen) atoms. The number of aromatic nitrogens is 5. The second-order valence-electron chi connectivity index (χ2n) is 10.4. The maximum Gasteiger partial charge on any atom is 0.270 e. The molecule has 0 aliphatic heterocycles. The molecule has 9 nitrogen and oxygen atoms in total. The van der Waals surface area contributed by atoms with Gasteiger partial charge in [0.2, 0.25) is 5.91 Å². The van der Waals surface area contributed by atoms with E-state index in [1.54, 1.807) is 31.4 Å². The first-order valence-corrected chi connectivity index (χ1v) is 12.6. The van der Waals surface area contributed by atoms with Gasteiger partial charge >= 0.3 is 0 Å². The van der Waals surface area contributed by atoms with Crippen molar-refractivity contribution in [1.82, 2.24) is 30.3 Å². The lowest BCUT2D eigenvalue weighted by molar-refractivity contribution is -0.118. The summed E-state index contributed by atoms with van der Waals surface area (Å²) in [6.07, 6.45) is 5.72. The number of benzene rings is 1. The molecule has 1 aromatic carbocycles. The summed E-state index contributed by atoms with van der Waals surface area (Å²) in [4.78, 5) is 31.6. The lowest BCUT2D eigenvalue weighted by Crippen LogP contribution is -2.49. The molecule has 1 saturated carbocycles. The van der Waals surface area contributed by atoms with E-state index >= 15 is 0 Å². The van der Waals surface area contributed by atoms with Crippen LogP contribution in [0.5, 0.6) is 0 Å². The zero-order valence-electron chi connectivity index (χ0n) is 21.4. The van der Waals surface area contributed by atoms with E-state index in [-0.39, 0.29) is 23.1 Å². The van der Waals surface area contributed by atoms with Crippen LogP contribution in [0, 0.1) is 25.1 Å². The summed E-state index contributed by atoms with van der Waals surface area (Å²) < 4.78 is 15.8. The maximum absolute atomic E-state index is 14.4. The molecule has 1 unspecified atom stereocenters. The quantitative estimate of drug-likeness (QED) is 0.362. The molecule has 4 aromatic rings. The predicted molar refractivity (Wildman–Crippen MR) is 139 cm³/mol. The number of hydrogen-bond acceptors (Lipinski definition) is 5. The van der Waals surface area contributed by atoms with Crippen LogP contribution >= 0.6 is 0 Å². The number of pyridine rings is 1. The molecule has 3 aromatic heterocycles. The van der Waals surface area contributed by atoms with Crippen LogP contribution in [-0.2, 0) is 18.3 Å². The third kappa shape index (κ3) is 4.06. The number of halogens is 1. The molecule has 3 N–H and O–H groups in total. The van der Waals surface area contributed by atoms with E-state index in [4.69, 9.17) is 0 Å². The number of nitrogens with zero attached hydrogens (tertiary/aromatic N) is 4. The Morgan fingerprint density at radius 2 is 2.00 bits per heavy atom. The highest BCUT2D eigenvalue weighted by Crippen LogP contribution is 2.64. The number of carbonyl (C=O) groups excluding carboxylic acids is 2. The number of aromatic amines is 1. The highest BCUT2D eigenvalue weighted by Gasteiger charge is 2.58. The van der Waals surface area contributed by atoms with Gasteiger partial charge < -0.3 is 10.6 Å². The highest BCUT2D eigenvalue weighted by atomic mass is 19.1. The molecule has 194 valence electrons. The summed E-state index contributed by atoms with van der Waals surface area (Å²) in [5, 5.41) is 17.2. The van der Waals surface area contributed by atoms with Gasteiger partial charge in [-0.2, -0.15) is 10.2 Å². The van der Waals surface area contributed by atoms with E-state index in [9.17, 15) is 14.0 Å². The summed E-state index contributed by atoms with van der Waals surface area (Å²) in [6.45, 7) is 3.83. The van der Waals surface area contributed by atoms with Gasteiger partial charge in [0.15, 0.2) is 0 Å². The van der Waals surface area contributed by atoms with Crippen LogP contribution in [0.2, 0.25) is 0 Å². The summed E-state index contributed by atoms with van der Waals surface area (Å²) in [5.74, 6) is -1.49. The molecule has 2 aliphatic carbocycles. The van der Waals surface area contributed by atoms with Gasteiger partial charge in [0.1, 0.15) is 17.6 Å². The van der Waals surface area contributed by atoms with Crippen LogP contribution < -0.4 is 10.6 Å². The Morgan fingerprint density at radius 3 is 2.63 bits per heavy atom. The monoisotopic (exact) mass is 513 g/mol. The van der Waals surface area contributed by atoms with Gasteiger partial charge in [-0.15, -0.1) is 0 Å². The van der Waals surface area contributed by atoms with Crippen LogP contribution in [0.3, 0.4) is 0 Å². The highest BCUT2D eigenvalue weighted by molar-refractivity contribution is 6.01. The second kappa shape index (κ2) is 8.90. The second-order valence-corrected chi connectivity index (χ2v) is 10.4. The number of aryl methyl sites for hydroxylation is 3. The van der Waals surface area contributed by atoms with Crippen LogP contribution in [0.1, 0.15) is 51.8 Å². The predicted octanol–water partition coefficient (Wildman–Crippen LogP) is 3.82. The molecule has 2 aliphatic rings. The molecule has 10 heteroatoms. The minimum atomic E-state index is -0.916. The number of hydrogen-bond donors (Lipinski definition) is 3. The summed E-state index contributed by atoms with van der Waals surface area (Å²) in [5.41, 5.74) is 5.89. The van der Waals surface area contributed by atoms with Crippen molar-refractivity contribution < 1.29 is 14.0 Å². The Bertz CT molecular complexity index is 1530. The van der Waals surface area contributed by atoms with Gasteiger partial charge in [-0.3, -0.25) is 24.4 Å². The summed E-state index contributed by atoms with van der Waals surface area (Å²) >= 11 is 0. The number of H-pyrrole nitrogens is 1. The van der Waals surface area contributed by atoms with Crippen molar-refractivity contribution in [1.29, 1.82) is 0 Å². The van der Waals surface area contributed by atoms with Crippen LogP contribution in [-0.4, -0.2) is 42.8 Å². The lowest BCUT2D eigenvalue weighted by Gasteiger charge is -2.29. The molecular formula is C28H28FN7O2. The first kappa shape index (κ1) is 24.0. The maximum atomic E-state index is 14.4. The zero-order valence-corrected chi connectivity index (χ0v) is 21.4. The van der Waals surface area contributed by atoms with Gasteiger partial charge in [0.05, 0.1) is 23.3 Å². The Hall–Kier alpha value is -4.34. The Balaban J connectivity index is 1.32. The number of anilines is 1. The molecule has 3 heterocycles. The van der Waals surface area contributed by atoms with Crippen molar-refractivity contribution in [2.24, 2.45) is 12.5 Å². The number of fused-ring (bicyclic) bond motifs is 1. The molecule has 2 amide bonds. The molecule has 6 rings (SSSR count). The van der Waals surface area contributed by atoms with E-state index in [2.05, 4.69) is 30.9 Å². The number of carbonyl (C=O) groups is 2. The number of rotatable bonds is 6. The van der Waals surface area contributed by atoms with E-state index in [0.29, 0.717) is 11.4 Å². The smallest absolute Gasteiger partial charge is 0.270 e. The van der Waals surface area contributed by atoms with Gasteiger partial charge in [-0.1, -0.05) is 6.07 Å². The Kier molecular flexibility index (Phi) is 5.62. The van der Waals surface area contributed by atoms with Crippen molar-refractivity contribution in [2.45, 2.75) is 45.1 Å². The van der Waals surface area contributed by atoms with Crippen molar-refractivity contribution in [3.8, 4) is 11.3 Å². The topological polar surface area (TPSA) is 118 Å². The van der Waals surface area contributed by atoms with Gasteiger partial charge in [-0.05, 0) is 80.0 Å². The largest absolute Gasteiger partial charge is 0.338 e. The third-order valence-electron chi connectivity index (χ3n) is 7.91. The number of amides is 2. The fourth-order valence-electron chi connectivity index (χ4n) is 5.89. The van der Waals surface area contributed by atoms with E-state index in [1.807, 2.05) is 19.9 Å². The zero-order chi connectivity index (χ0) is 26.6. The van der Waals surface area contributed by atoms with Crippen molar-refractivity contribution in [2.75, 3.05) is 5.32 Å². The molecular weight excluding hydrogens is 485 g/mol. The fourth-order valence-corrected chi connectivity index (χ4v) is 5.89. The lowest BCUT2D eigenvalue weighted by atomic mass is 9.82. The summed E-state index contributed by atoms with van der Waals surface area (Å²) in [7, 11) is 1.67. The van der Waals surface area contributed by atoms with Gasteiger partial charge in [0.25, 0.3) is 5.91 Å². The molecule has 0 bridgehead atoms. The fraction of sp³-hybridized carbons (Fsp3) is 0.321. The molecule has 1 spiro atoms. The number of nitrogens with one attached hydrogen (secondary N) is 3.